The molecule has 3 N–H and O–H groups in total. The predicted molar refractivity (Wildman–Crippen MR) is 79.0 cm³/mol. The summed E-state index contributed by atoms with van der Waals surface area (Å²) in [5.41, 5.74) is 8.02. The number of hydrogen-bond donors (Lipinski definition) is 2. The van der Waals surface area contributed by atoms with E-state index in [1.54, 1.807) is 6.07 Å². The molecule has 108 valence electrons. The van der Waals surface area contributed by atoms with Crippen LogP contribution in [0.2, 0.25) is 0 Å². The van der Waals surface area contributed by atoms with E-state index in [9.17, 15) is 9.18 Å². The molecular formula is C17H17FN2O. The van der Waals surface area contributed by atoms with Crippen LogP contribution in [0.4, 0.5) is 4.39 Å². The van der Waals surface area contributed by atoms with E-state index in [2.05, 4.69) is 5.32 Å². The van der Waals surface area contributed by atoms with Gasteiger partial charge in [0.1, 0.15) is 11.9 Å². The van der Waals surface area contributed by atoms with Crippen LogP contribution >= 0.6 is 0 Å². The highest BCUT2D eigenvalue weighted by atomic mass is 19.1. The Kier molecular flexibility index (Phi) is 3.71. The summed E-state index contributed by atoms with van der Waals surface area (Å²) in [4.78, 5) is 11.8. The molecule has 0 radical (unpaired) electrons. The molecule has 0 saturated carbocycles. The molecule has 0 aliphatic heterocycles. The molecule has 1 aliphatic carbocycles. The molecule has 2 aromatic carbocycles. The summed E-state index contributed by atoms with van der Waals surface area (Å²) in [6, 6.07) is 13.8. The quantitative estimate of drug-likeness (QED) is 0.907. The van der Waals surface area contributed by atoms with Crippen LogP contribution in [0.3, 0.4) is 0 Å². The van der Waals surface area contributed by atoms with Crippen molar-refractivity contribution in [2.75, 3.05) is 0 Å². The molecule has 3 rings (SSSR count). The predicted octanol–water partition coefficient (Wildman–Crippen LogP) is 2.63. The molecule has 2 atom stereocenters. The van der Waals surface area contributed by atoms with E-state index >= 15 is 0 Å². The second-order valence-corrected chi connectivity index (χ2v) is 5.31. The van der Waals surface area contributed by atoms with Crippen LogP contribution in [-0.2, 0) is 11.2 Å². The lowest BCUT2D eigenvalue weighted by Crippen LogP contribution is -2.35. The maximum atomic E-state index is 13.8. The molecule has 1 amide bonds. The first-order chi connectivity index (χ1) is 10.2. The van der Waals surface area contributed by atoms with Crippen molar-refractivity contribution in [3.8, 4) is 0 Å². The van der Waals surface area contributed by atoms with Gasteiger partial charge in [0.25, 0.3) is 0 Å². The van der Waals surface area contributed by atoms with E-state index in [1.807, 2.05) is 36.4 Å². The largest absolute Gasteiger partial charge is 0.368 e. The minimum atomic E-state index is -0.564. The number of nitrogens with one attached hydrogen (secondary N) is 1. The summed E-state index contributed by atoms with van der Waals surface area (Å²) in [6.07, 6.45) is 1.45. The Hall–Kier alpha value is -2.20. The Morgan fingerprint density at radius 1 is 1.19 bits per heavy atom. The van der Waals surface area contributed by atoms with E-state index < -0.39 is 11.9 Å². The highest BCUT2D eigenvalue weighted by Gasteiger charge is 2.29. The molecule has 0 bridgehead atoms. The van der Waals surface area contributed by atoms with Gasteiger partial charge in [0.05, 0.1) is 0 Å². The van der Waals surface area contributed by atoms with E-state index in [1.165, 1.54) is 6.07 Å². The molecule has 0 aromatic heterocycles. The number of primary amides is 1. The van der Waals surface area contributed by atoms with Gasteiger partial charge in [-0.1, -0.05) is 42.5 Å². The minimum Gasteiger partial charge on any atom is -0.368 e. The molecule has 2 unspecified atom stereocenters. The van der Waals surface area contributed by atoms with Crippen molar-refractivity contribution in [2.24, 2.45) is 5.73 Å². The highest BCUT2D eigenvalue weighted by molar-refractivity contribution is 5.81. The van der Waals surface area contributed by atoms with Gasteiger partial charge in [-0.3, -0.25) is 10.1 Å². The number of fused-ring (bicyclic) bond motifs is 1. The molecule has 21 heavy (non-hydrogen) atoms. The average Bonchev–Trinajstić information content (AvgIpc) is 2.90. The first-order valence-electron chi connectivity index (χ1n) is 7.04. The van der Waals surface area contributed by atoms with Crippen LogP contribution in [-0.4, -0.2) is 5.91 Å². The van der Waals surface area contributed by atoms with Crippen LogP contribution in [0.25, 0.3) is 0 Å². The molecule has 0 spiro atoms. The van der Waals surface area contributed by atoms with Gasteiger partial charge >= 0.3 is 0 Å². The van der Waals surface area contributed by atoms with Crippen molar-refractivity contribution in [3.05, 3.63) is 71.0 Å². The second-order valence-electron chi connectivity index (χ2n) is 5.31. The van der Waals surface area contributed by atoms with Crippen molar-refractivity contribution in [2.45, 2.75) is 24.9 Å². The summed E-state index contributed by atoms with van der Waals surface area (Å²) in [7, 11) is 0. The molecule has 0 fully saturated rings. The Bertz CT molecular complexity index is 657. The van der Waals surface area contributed by atoms with Gasteiger partial charge < -0.3 is 5.73 Å². The maximum Gasteiger partial charge on any atom is 0.239 e. The standard InChI is InChI=1S/C17H17FN2O/c18-14-8-4-7-13-12(14)9-10-15(13)20-16(17(19)21)11-5-2-1-3-6-11/h1-8,15-16,20H,9-10H2,(H2,19,21). The first-order valence-corrected chi connectivity index (χ1v) is 7.04. The number of halogens is 1. The zero-order chi connectivity index (χ0) is 14.8. The number of hydrogen-bond acceptors (Lipinski definition) is 2. The summed E-state index contributed by atoms with van der Waals surface area (Å²) in [5, 5.41) is 3.27. The smallest absolute Gasteiger partial charge is 0.239 e. The molecule has 1 aliphatic rings. The number of carbonyl (C=O) groups is 1. The van der Waals surface area contributed by atoms with E-state index in [0.29, 0.717) is 6.42 Å². The first kappa shape index (κ1) is 13.8. The van der Waals surface area contributed by atoms with Crippen LogP contribution < -0.4 is 11.1 Å². The Morgan fingerprint density at radius 3 is 2.67 bits per heavy atom. The normalized spacial score (nSPS) is 18.2. The lowest BCUT2D eigenvalue weighted by molar-refractivity contribution is -0.120. The van der Waals surface area contributed by atoms with Gasteiger partial charge in [-0.2, -0.15) is 0 Å². The van der Waals surface area contributed by atoms with Gasteiger partial charge in [-0.15, -0.1) is 0 Å². The van der Waals surface area contributed by atoms with Gasteiger partial charge in [-0.05, 0) is 35.6 Å². The van der Waals surface area contributed by atoms with Crippen LogP contribution in [0.5, 0.6) is 0 Å². The summed E-state index contributed by atoms with van der Waals surface area (Å²) in [6.45, 7) is 0. The van der Waals surface area contributed by atoms with Crippen molar-refractivity contribution in [3.63, 3.8) is 0 Å². The zero-order valence-corrected chi connectivity index (χ0v) is 11.6. The van der Waals surface area contributed by atoms with E-state index in [4.69, 9.17) is 5.73 Å². The van der Waals surface area contributed by atoms with Crippen LogP contribution in [0.1, 0.15) is 35.2 Å². The van der Waals surface area contributed by atoms with Crippen LogP contribution in [0.15, 0.2) is 48.5 Å². The third-order valence-electron chi connectivity index (χ3n) is 4.00. The topological polar surface area (TPSA) is 55.1 Å². The minimum absolute atomic E-state index is 0.0478. The fourth-order valence-corrected chi connectivity index (χ4v) is 2.97. The Labute approximate surface area is 123 Å². The molecule has 0 saturated heterocycles. The van der Waals surface area contributed by atoms with E-state index in [-0.39, 0.29) is 11.9 Å². The fraction of sp³-hybridized carbons (Fsp3) is 0.235. The molecular weight excluding hydrogens is 267 g/mol. The third kappa shape index (κ3) is 2.67. The summed E-state index contributed by atoms with van der Waals surface area (Å²) < 4.78 is 13.8. The number of amides is 1. The lowest BCUT2D eigenvalue weighted by atomic mass is 10.0. The Balaban J connectivity index is 1.87. The maximum absolute atomic E-state index is 13.8. The second kappa shape index (κ2) is 5.66. The van der Waals surface area contributed by atoms with Gasteiger partial charge in [-0.25, -0.2) is 4.39 Å². The zero-order valence-electron chi connectivity index (χ0n) is 11.6. The summed E-state index contributed by atoms with van der Waals surface area (Å²) >= 11 is 0. The Morgan fingerprint density at radius 2 is 1.95 bits per heavy atom. The molecule has 0 heterocycles. The van der Waals surface area contributed by atoms with Gasteiger partial charge in [0.15, 0.2) is 0 Å². The van der Waals surface area contributed by atoms with Crippen molar-refractivity contribution in [1.29, 1.82) is 0 Å². The lowest BCUT2D eigenvalue weighted by Gasteiger charge is -2.21. The van der Waals surface area contributed by atoms with Crippen LogP contribution in [0, 0.1) is 5.82 Å². The highest BCUT2D eigenvalue weighted by Crippen LogP contribution is 2.34. The van der Waals surface area contributed by atoms with Crippen molar-refractivity contribution in [1.82, 2.24) is 5.32 Å². The molecule has 4 heteroatoms. The summed E-state index contributed by atoms with van der Waals surface area (Å²) in [5.74, 6) is -0.599. The number of benzene rings is 2. The fourth-order valence-electron chi connectivity index (χ4n) is 2.97. The number of carbonyl (C=O) groups excluding carboxylic acids is 1. The molecule has 3 nitrogen and oxygen atoms in total. The van der Waals surface area contributed by atoms with Crippen molar-refractivity contribution < 1.29 is 9.18 Å². The number of nitrogens with two attached hydrogens (primary N) is 1. The monoisotopic (exact) mass is 284 g/mol. The van der Waals surface area contributed by atoms with E-state index in [0.717, 1.165) is 23.1 Å². The van der Waals surface area contributed by atoms with Gasteiger partial charge in [0, 0.05) is 6.04 Å². The molecule has 2 aromatic rings. The SMILES string of the molecule is NC(=O)C(NC1CCc2c(F)cccc21)c1ccccc1. The number of rotatable bonds is 4. The van der Waals surface area contributed by atoms with Crippen molar-refractivity contribution >= 4 is 5.91 Å². The third-order valence-corrected chi connectivity index (χ3v) is 4.00. The average molecular weight is 284 g/mol. The van der Waals surface area contributed by atoms with Gasteiger partial charge in [0.2, 0.25) is 5.91 Å².